The van der Waals surface area contributed by atoms with Crippen molar-refractivity contribution in [1.82, 2.24) is 34.1 Å². The fraction of sp³-hybridized carbons (Fsp3) is 0.217. The Morgan fingerprint density at radius 2 is 2.16 bits per heavy atom. The van der Waals surface area contributed by atoms with Gasteiger partial charge in [-0.25, -0.2) is 14.0 Å². The molecule has 1 atom stereocenters. The van der Waals surface area contributed by atoms with Gasteiger partial charge in [0.2, 0.25) is 0 Å². The summed E-state index contributed by atoms with van der Waals surface area (Å²) in [4.78, 5) is 23.4. The number of methoxy groups -OCH3 is 1. The lowest BCUT2D eigenvalue weighted by Crippen LogP contribution is -2.41. The number of imidazole rings is 1. The predicted octanol–water partition coefficient (Wildman–Crippen LogP) is 2.81. The van der Waals surface area contributed by atoms with E-state index in [1.54, 1.807) is 30.3 Å². The highest BCUT2D eigenvalue weighted by molar-refractivity contribution is 6.01. The molecule has 32 heavy (non-hydrogen) atoms. The van der Waals surface area contributed by atoms with Crippen LogP contribution in [0.1, 0.15) is 39.2 Å². The SMILES string of the molecule is COc1ccc2c(C(=O)N3CCc4[nH]cnc4[C@H]3c3cc4cccc(C)n4n3)cnn2c1. The summed E-state index contributed by atoms with van der Waals surface area (Å²) in [5.41, 5.74) is 5.95. The molecule has 0 spiro atoms. The van der Waals surface area contributed by atoms with Gasteiger partial charge in [-0.1, -0.05) is 6.07 Å². The van der Waals surface area contributed by atoms with E-state index in [0.717, 1.165) is 33.8 Å². The number of hydrogen-bond donors (Lipinski definition) is 1. The molecule has 1 aliphatic rings. The first-order valence-electron chi connectivity index (χ1n) is 10.4. The summed E-state index contributed by atoms with van der Waals surface area (Å²) >= 11 is 0. The van der Waals surface area contributed by atoms with Crippen molar-refractivity contribution in [2.45, 2.75) is 19.4 Å². The molecule has 0 bridgehead atoms. The largest absolute Gasteiger partial charge is 0.495 e. The molecule has 6 rings (SSSR count). The minimum Gasteiger partial charge on any atom is -0.495 e. The van der Waals surface area contributed by atoms with Crippen LogP contribution in [0.4, 0.5) is 0 Å². The van der Waals surface area contributed by atoms with Crippen molar-refractivity contribution >= 4 is 16.9 Å². The highest BCUT2D eigenvalue weighted by Gasteiger charge is 2.37. The number of pyridine rings is 2. The van der Waals surface area contributed by atoms with Gasteiger partial charge in [-0.3, -0.25) is 4.79 Å². The summed E-state index contributed by atoms with van der Waals surface area (Å²) in [6, 6.07) is 11.4. The molecule has 0 unspecified atom stereocenters. The Morgan fingerprint density at radius 3 is 3.00 bits per heavy atom. The van der Waals surface area contributed by atoms with Gasteiger partial charge in [0, 0.05) is 24.4 Å². The van der Waals surface area contributed by atoms with Gasteiger partial charge in [0.05, 0.1) is 53.8 Å². The van der Waals surface area contributed by atoms with Crippen LogP contribution in [0, 0.1) is 6.92 Å². The maximum absolute atomic E-state index is 13.8. The number of H-pyrrole nitrogens is 1. The second kappa shape index (κ2) is 6.94. The summed E-state index contributed by atoms with van der Waals surface area (Å²) in [5.74, 6) is 0.578. The highest BCUT2D eigenvalue weighted by atomic mass is 16.5. The minimum absolute atomic E-state index is 0.0994. The molecule has 0 saturated heterocycles. The van der Waals surface area contributed by atoms with Crippen LogP contribution in [-0.4, -0.2) is 53.7 Å². The summed E-state index contributed by atoms with van der Waals surface area (Å²) in [6.45, 7) is 2.57. The Kier molecular flexibility index (Phi) is 4.04. The van der Waals surface area contributed by atoms with Crippen molar-refractivity contribution in [2.75, 3.05) is 13.7 Å². The number of aromatic amines is 1. The maximum atomic E-state index is 13.8. The van der Waals surface area contributed by atoms with Gasteiger partial charge in [-0.15, -0.1) is 0 Å². The maximum Gasteiger partial charge on any atom is 0.258 e. The van der Waals surface area contributed by atoms with Crippen molar-refractivity contribution in [3.05, 3.63) is 83.5 Å². The third-order valence-electron chi connectivity index (χ3n) is 6.12. The Hall–Kier alpha value is -4.14. The van der Waals surface area contributed by atoms with Crippen LogP contribution in [0.3, 0.4) is 0 Å². The van der Waals surface area contributed by atoms with E-state index in [4.69, 9.17) is 9.84 Å². The Morgan fingerprint density at radius 1 is 1.25 bits per heavy atom. The third kappa shape index (κ3) is 2.71. The highest BCUT2D eigenvalue weighted by Crippen LogP contribution is 2.35. The Labute approximate surface area is 183 Å². The third-order valence-corrected chi connectivity index (χ3v) is 6.12. The first-order valence-corrected chi connectivity index (χ1v) is 10.4. The van der Waals surface area contributed by atoms with Gasteiger partial charge in [-0.05, 0) is 37.3 Å². The standard InChI is InChI=1S/C23H21N7O2/c1-14-4-3-5-15-10-19(27-30(14)15)22-21-18(24-13-25-21)8-9-28(22)23(31)17-11-26-29-12-16(32-2)6-7-20(17)29/h3-7,10-13,22H,8-9H2,1-2H3,(H,24,25)/t22-/m1/s1. The molecule has 5 aromatic heterocycles. The first-order chi connectivity index (χ1) is 15.6. The quantitative estimate of drug-likeness (QED) is 0.478. The zero-order valence-electron chi connectivity index (χ0n) is 17.7. The summed E-state index contributed by atoms with van der Waals surface area (Å²) in [7, 11) is 1.60. The van der Waals surface area contributed by atoms with E-state index in [1.807, 2.05) is 52.7 Å². The number of carbonyl (C=O) groups excluding carboxylic acids is 1. The number of carbonyl (C=O) groups is 1. The number of hydrogen-bond acceptors (Lipinski definition) is 5. The molecule has 5 aromatic rings. The summed E-state index contributed by atoms with van der Waals surface area (Å²) in [6.07, 6.45) is 5.77. The van der Waals surface area contributed by atoms with E-state index in [2.05, 4.69) is 15.1 Å². The number of nitrogens with one attached hydrogen (secondary N) is 1. The lowest BCUT2D eigenvalue weighted by Gasteiger charge is -2.33. The fourth-order valence-electron chi connectivity index (χ4n) is 4.51. The van der Waals surface area contributed by atoms with Gasteiger partial charge < -0.3 is 14.6 Å². The van der Waals surface area contributed by atoms with Crippen LogP contribution in [0.15, 0.2) is 55.1 Å². The van der Waals surface area contributed by atoms with Crippen LogP contribution >= 0.6 is 0 Å². The smallest absolute Gasteiger partial charge is 0.258 e. The van der Waals surface area contributed by atoms with Crippen molar-refractivity contribution in [3.63, 3.8) is 0 Å². The van der Waals surface area contributed by atoms with Gasteiger partial charge >= 0.3 is 0 Å². The molecule has 1 aliphatic heterocycles. The molecule has 0 aromatic carbocycles. The van der Waals surface area contributed by atoms with Gasteiger partial charge in [0.25, 0.3) is 5.91 Å². The molecular weight excluding hydrogens is 406 g/mol. The lowest BCUT2D eigenvalue weighted by atomic mass is 9.98. The van der Waals surface area contributed by atoms with E-state index in [9.17, 15) is 4.79 Å². The molecule has 0 aliphatic carbocycles. The topological polar surface area (TPSA) is 92.8 Å². The zero-order chi connectivity index (χ0) is 21.8. The molecule has 160 valence electrons. The van der Waals surface area contributed by atoms with Crippen molar-refractivity contribution in [1.29, 1.82) is 0 Å². The first kappa shape index (κ1) is 18.6. The van der Waals surface area contributed by atoms with Crippen LogP contribution in [0.25, 0.3) is 11.0 Å². The molecular formula is C23H21N7O2. The molecule has 1 amide bonds. The average Bonchev–Trinajstić information content (AvgIpc) is 3.55. The molecule has 9 nitrogen and oxygen atoms in total. The monoisotopic (exact) mass is 427 g/mol. The van der Waals surface area contributed by atoms with Crippen LogP contribution in [-0.2, 0) is 6.42 Å². The minimum atomic E-state index is -0.384. The molecule has 0 fully saturated rings. The van der Waals surface area contributed by atoms with Gasteiger partial charge in [0.1, 0.15) is 11.8 Å². The Balaban J connectivity index is 1.47. The van der Waals surface area contributed by atoms with Crippen molar-refractivity contribution in [3.8, 4) is 5.75 Å². The second-order valence-electron chi connectivity index (χ2n) is 7.95. The number of fused-ring (bicyclic) bond motifs is 3. The molecule has 0 saturated carbocycles. The van der Waals surface area contributed by atoms with E-state index in [0.29, 0.717) is 24.3 Å². The number of aromatic nitrogens is 6. The average molecular weight is 427 g/mol. The molecule has 0 radical (unpaired) electrons. The molecule has 1 N–H and O–H groups in total. The van der Waals surface area contributed by atoms with E-state index < -0.39 is 0 Å². The lowest BCUT2D eigenvalue weighted by molar-refractivity contribution is 0.0689. The predicted molar refractivity (Wildman–Crippen MR) is 117 cm³/mol. The van der Waals surface area contributed by atoms with Crippen LogP contribution < -0.4 is 4.74 Å². The number of aryl methyl sites for hydroxylation is 1. The Bertz CT molecular complexity index is 1480. The van der Waals surface area contributed by atoms with Crippen molar-refractivity contribution in [2.24, 2.45) is 0 Å². The van der Waals surface area contributed by atoms with Gasteiger partial charge in [0.15, 0.2) is 0 Å². The normalized spacial score (nSPS) is 15.9. The number of rotatable bonds is 3. The summed E-state index contributed by atoms with van der Waals surface area (Å²) < 4.78 is 8.84. The number of ether oxygens (including phenoxy) is 1. The van der Waals surface area contributed by atoms with E-state index >= 15 is 0 Å². The fourth-order valence-corrected chi connectivity index (χ4v) is 4.51. The molecule has 6 heterocycles. The molecule has 9 heteroatoms. The second-order valence-corrected chi connectivity index (χ2v) is 7.95. The van der Waals surface area contributed by atoms with E-state index in [1.165, 1.54) is 0 Å². The van der Waals surface area contributed by atoms with Crippen molar-refractivity contribution < 1.29 is 9.53 Å². The number of nitrogens with zero attached hydrogens (tertiary/aromatic N) is 6. The van der Waals surface area contributed by atoms with Crippen LogP contribution in [0.5, 0.6) is 5.75 Å². The summed E-state index contributed by atoms with van der Waals surface area (Å²) in [5, 5.41) is 9.21. The van der Waals surface area contributed by atoms with Gasteiger partial charge in [-0.2, -0.15) is 10.2 Å². The van der Waals surface area contributed by atoms with E-state index in [-0.39, 0.29) is 11.9 Å². The number of amides is 1. The van der Waals surface area contributed by atoms with Crippen LogP contribution in [0.2, 0.25) is 0 Å². The zero-order valence-corrected chi connectivity index (χ0v) is 17.7.